The predicted octanol–water partition coefficient (Wildman–Crippen LogP) is 2.02. The maximum Gasteiger partial charge on any atom is 0.251 e. The third kappa shape index (κ3) is 4.47. The molecule has 1 fully saturated rings. The molecule has 1 saturated carbocycles. The van der Waals surface area contributed by atoms with E-state index in [1.54, 1.807) is 42.6 Å². The first-order chi connectivity index (χ1) is 11.2. The Kier molecular flexibility index (Phi) is 4.42. The second-order valence-electron chi connectivity index (χ2n) is 5.29. The van der Waals surface area contributed by atoms with Gasteiger partial charge in [0.25, 0.3) is 5.91 Å². The van der Waals surface area contributed by atoms with E-state index in [1.165, 1.54) is 12.4 Å². The molecule has 2 amide bonds. The lowest BCUT2D eigenvalue weighted by molar-refractivity contribution is -0.111. The molecule has 2 aromatic rings. The molecule has 0 unspecified atom stereocenters. The fourth-order valence-electron chi connectivity index (χ4n) is 1.98. The first-order valence-corrected chi connectivity index (χ1v) is 7.37. The van der Waals surface area contributed by atoms with Crippen molar-refractivity contribution in [2.45, 2.75) is 18.9 Å². The molecule has 1 aromatic heterocycles. The smallest absolute Gasteiger partial charge is 0.251 e. The highest BCUT2D eigenvalue weighted by atomic mass is 16.2. The molecule has 0 spiro atoms. The summed E-state index contributed by atoms with van der Waals surface area (Å²) in [5, 5.41) is 5.64. The third-order valence-electron chi connectivity index (χ3n) is 3.32. The van der Waals surface area contributed by atoms with Crippen molar-refractivity contribution in [3.8, 4) is 0 Å². The fraction of sp³-hybridized carbons (Fsp3) is 0.176. The van der Waals surface area contributed by atoms with Crippen molar-refractivity contribution in [1.29, 1.82) is 0 Å². The summed E-state index contributed by atoms with van der Waals surface area (Å²) in [5.74, 6) is -0.400. The van der Waals surface area contributed by atoms with Crippen molar-refractivity contribution in [2.75, 3.05) is 5.32 Å². The van der Waals surface area contributed by atoms with Crippen molar-refractivity contribution >= 4 is 23.6 Å². The minimum absolute atomic E-state index is 0.111. The topological polar surface area (TPSA) is 84.0 Å². The number of hydrogen-bond acceptors (Lipinski definition) is 4. The van der Waals surface area contributed by atoms with Crippen LogP contribution in [0.15, 0.2) is 48.9 Å². The number of aromatic nitrogens is 2. The Labute approximate surface area is 133 Å². The van der Waals surface area contributed by atoms with Gasteiger partial charge in [-0.05, 0) is 43.2 Å². The van der Waals surface area contributed by atoms with Gasteiger partial charge in [0.1, 0.15) is 6.33 Å². The number of rotatable bonds is 5. The van der Waals surface area contributed by atoms with E-state index in [2.05, 4.69) is 20.6 Å². The Balaban J connectivity index is 1.61. The molecule has 1 aliphatic rings. The van der Waals surface area contributed by atoms with E-state index >= 15 is 0 Å². The normalized spacial score (nSPS) is 13.7. The fourth-order valence-corrected chi connectivity index (χ4v) is 1.98. The lowest BCUT2D eigenvalue weighted by atomic mass is 10.2. The van der Waals surface area contributed by atoms with Crippen LogP contribution in [0.5, 0.6) is 0 Å². The molecule has 1 aliphatic carbocycles. The second-order valence-corrected chi connectivity index (χ2v) is 5.29. The number of hydrogen-bond donors (Lipinski definition) is 2. The molecule has 0 aliphatic heterocycles. The zero-order valence-electron chi connectivity index (χ0n) is 12.4. The number of amides is 2. The van der Waals surface area contributed by atoms with Crippen molar-refractivity contribution in [1.82, 2.24) is 15.3 Å². The molecule has 116 valence electrons. The highest BCUT2D eigenvalue weighted by Crippen LogP contribution is 2.20. The number of nitrogens with zero attached hydrogens (tertiary/aromatic N) is 2. The first-order valence-electron chi connectivity index (χ1n) is 7.37. The molecule has 1 heterocycles. The van der Waals surface area contributed by atoms with Crippen LogP contribution < -0.4 is 10.6 Å². The van der Waals surface area contributed by atoms with Crippen LogP contribution >= 0.6 is 0 Å². The van der Waals surface area contributed by atoms with Crippen LogP contribution in [-0.4, -0.2) is 27.8 Å². The quantitative estimate of drug-likeness (QED) is 0.828. The van der Waals surface area contributed by atoms with Gasteiger partial charge >= 0.3 is 0 Å². The molecule has 2 N–H and O–H groups in total. The molecule has 6 nitrogen and oxygen atoms in total. The molecule has 23 heavy (non-hydrogen) atoms. The second kappa shape index (κ2) is 6.83. The van der Waals surface area contributed by atoms with Crippen molar-refractivity contribution in [3.63, 3.8) is 0 Å². The van der Waals surface area contributed by atoms with Crippen LogP contribution in [0.2, 0.25) is 0 Å². The van der Waals surface area contributed by atoms with Gasteiger partial charge in [-0.2, -0.15) is 0 Å². The summed E-state index contributed by atoms with van der Waals surface area (Å²) < 4.78 is 0. The van der Waals surface area contributed by atoms with Crippen LogP contribution in [-0.2, 0) is 4.79 Å². The van der Waals surface area contributed by atoms with Gasteiger partial charge in [0.15, 0.2) is 0 Å². The van der Waals surface area contributed by atoms with E-state index in [9.17, 15) is 9.59 Å². The van der Waals surface area contributed by atoms with E-state index in [0.29, 0.717) is 23.0 Å². The van der Waals surface area contributed by atoms with E-state index in [1.807, 2.05) is 0 Å². The SMILES string of the molecule is O=C(C=Cc1ccncn1)Nc1cccc(C(=O)NC2CC2)c1. The molecule has 6 heteroatoms. The Morgan fingerprint density at radius 2 is 2.09 bits per heavy atom. The average molecular weight is 308 g/mol. The van der Waals surface area contributed by atoms with Gasteiger partial charge in [0.05, 0.1) is 5.69 Å². The predicted molar refractivity (Wildman–Crippen MR) is 86.6 cm³/mol. The van der Waals surface area contributed by atoms with Crippen LogP contribution in [0, 0.1) is 0 Å². The first kappa shape index (κ1) is 14.9. The summed E-state index contributed by atoms with van der Waals surface area (Å²) in [6, 6.07) is 8.87. The molecule has 0 atom stereocenters. The van der Waals surface area contributed by atoms with Crippen LogP contribution in [0.4, 0.5) is 5.69 Å². The maximum atomic E-state index is 12.0. The minimum atomic E-state index is -0.289. The summed E-state index contributed by atoms with van der Waals surface area (Å²) in [7, 11) is 0. The number of anilines is 1. The lowest BCUT2D eigenvalue weighted by Gasteiger charge is -2.06. The summed E-state index contributed by atoms with van der Waals surface area (Å²) in [6.07, 6.45) is 8.08. The van der Waals surface area contributed by atoms with E-state index in [-0.39, 0.29) is 11.8 Å². The summed E-state index contributed by atoms with van der Waals surface area (Å²) >= 11 is 0. The molecular formula is C17H16N4O2. The number of benzene rings is 1. The lowest BCUT2D eigenvalue weighted by Crippen LogP contribution is -2.25. The molecule has 1 aromatic carbocycles. The van der Waals surface area contributed by atoms with Gasteiger partial charge in [-0.3, -0.25) is 9.59 Å². The van der Waals surface area contributed by atoms with Crippen LogP contribution in [0.1, 0.15) is 28.9 Å². The van der Waals surface area contributed by atoms with Gasteiger partial charge in [-0.1, -0.05) is 6.07 Å². The van der Waals surface area contributed by atoms with Gasteiger partial charge < -0.3 is 10.6 Å². The van der Waals surface area contributed by atoms with E-state index in [4.69, 9.17) is 0 Å². The van der Waals surface area contributed by atoms with Gasteiger partial charge in [-0.15, -0.1) is 0 Å². The molecule has 3 rings (SSSR count). The summed E-state index contributed by atoms with van der Waals surface area (Å²) in [4.78, 5) is 31.7. The Morgan fingerprint density at radius 1 is 1.22 bits per heavy atom. The Bertz CT molecular complexity index is 739. The Hall–Kier alpha value is -3.02. The average Bonchev–Trinajstić information content (AvgIpc) is 3.38. The molecule has 0 bridgehead atoms. The highest BCUT2D eigenvalue weighted by Gasteiger charge is 2.23. The maximum absolute atomic E-state index is 12.0. The molecular weight excluding hydrogens is 292 g/mol. The van der Waals surface area contributed by atoms with E-state index in [0.717, 1.165) is 12.8 Å². The Morgan fingerprint density at radius 3 is 2.83 bits per heavy atom. The monoisotopic (exact) mass is 308 g/mol. The minimum Gasteiger partial charge on any atom is -0.349 e. The number of nitrogens with one attached hydrogen (secondary N) is 2. The van der Waals surface area contributed by atoms with Gasteiger partial charge in [0.2, 0.25) is 5.91 Å². The van der Waals surface area contributed by atoms with Gasteiger partial charge in [0, 0.05) is 29.6 Å². The van der Waals surface area contributed by atoms with Crippen molar-refractivity contribution < 1.29 is 9.59 Å². The standard InChI is InChI=1S/C17H16N4O2/c22-16(7-6-13-8-9-18-11-19-13)20-15-3-1-2-12(10-15)17(23)21-14-4-5-14/h1-3,6-11,14H,4-5H2,(H,20,22)(H,21,23). The van der Waals surface area contributed by atoms with Gasteiger partial charge in [-0.25, -0.2) is 9.97 Å². The zero-order valence-corrected chi connectivity index (χ0v) is 12.4. The van der Waals surface area contributed by atoms with Crippen LogP contribution in [0.3, 0.4) is 0 Å². The largest absolute Gasteiger partial charge is 0.349 e. The summed E-state index contributed by atoms with van der Waals surface area (Å²) in [6.45, 7) is 0. The number of carbonyl (C=O) groups is 2. The molecule has 0 radical (unpaired) electrons. The van der Waals surface area contributed by atoms with Crippen molar-refractivity contribution in [2.24, 2.45) is 0 Å². The zero-order chi connectivity index (χ0) is 16.1. The molecule has 0 saturated heterocycles. The van der Waals surface area contributed by atoms with Crippen LogP contribution in [0.25, 0.3) is 6.08 Å². The highest BCUT2D eigenvalue weighted by molar-refractivity contribution is 6.03. The van der Waals surface area contributed by atoms with E-state index < -0.39 is 0 Å². The summed E-state index contributed by atoms with van der Waals surface area (Å²) in [5.41, 5.74) is 1.76. The number of carbonyl (C=O) groups excluding carboxylic acids is 2. The third-order valence-corrected chi connectivity index (χ3v) is 3.32. The van der Waals surface area contributed by atoms with Crippen molar-refractivity contribution in [3.05, 3.63) is 60.2 Å².